The molecule has 2 aromatic carbocycles. The fourth-order valence-electron chi connectivity index (χ4n) is 6.81. The number of fused-ring (bicyclic) bond motifs is 1. The highest BCUT2D eigenvalue weighted by Crippen LogP contribution is 2.36. The van der Waals surface area contributed by atoms with Crippen LogP contribution in [0, 0.1) is 0 Å². The molecule has 0 bridgehead atoms. The minimum atomic E-state index is -1.29. The van der Waals surface area contributed by atoms with Crippen molar-refractivity contribution in [2.24, 2.45) is 0 Å². The van der Waals surface area contributed by atoms with E-state index in [1.54, 1.807) is 13.3 Å². The normalized spacial score (nSPS) is 22.0. The number of halogens is 1. The van der Waals surface area contributed by atoms with E-state index in [4.69, 9.17) is 21.3 Å². The molecule has 0 amide bonds. The number of para-hydroxylation sites is 1. The molecule has 0 radical (unpaired) electrons. The summed E-state index contributed by atoms with van der Waals surface area (Å²) in [6.07, 6.45) is 7.96. The first kappa shape index (κ1) is 32.2. The van der Waals surface area contributed by atoms with E-state index >= 15 is 0 Å². The molecule has 1 aromatic heterocycles. The first-order valence-corrected chi connectivity index (χ1v) is 17.5. The van der Waals surface area contributed by atoms with Crippen LogP contribution in [0.25, 0.3) is 0 Å². The highest BCUT2D eigenvalue weighted by molar-refractivity contribution is 7.82. The summed E-state index contributed by atoms with van der Waals surface area (Å²) in [7, 11) is 0.396. The van der Waals surface area contributed by atoms with Crippen LogP contribution in [0.15, 0.2) is 47.5 Å². The Kier molecular flexibility index (Phi) is 10.5. The van der Waals surface area contributed by atoms with Gasteiger partial charge in [-0.1, -0.05) is 23.7 Å². The molecule has 0 saturated carbocycles. The molecule has 3 N–H and O–H groups in total. The molecule has 12 heteroatoms. The van der Waals surface area contributed by atoms with Crippen molar-refractivity contribution < 1.29 is 14.1 Å². The predicted molar refractivity (Wildman–Crippen MR) is 180 cm³/mol. The lowest BCUT2D eigenvalue weighted by Gasteiger charge is -2.39. The summed E-state index contributed by atoms with van der Waals surface area (Å²) in [5.74, 6) is 1.57. The highest BCUT2D eigenvalue weighted by Gasteiger charge is 2.29. The van der Waals surface area contributed by atoms with Gasteiger partial charge in [-0.2, -0.15) is 4.98 Å². The highest BCUT2D eigenvalue weighted by atomic mass is 35.5. The Morgan fingerprint density at radius 1 is 1.04 bits per heavy atom. The maximum atomic E-state index is 13.5. The molecule has 242 valence electrons. The van der Waals surface area contributed by atoms with Crippen LogP contribution in [-0.4, -0.2) is 98.5 Å². The van der Waals surface area contributed by atoms with Gasteiger partial charge in [-0.3, -0.25) is 9.80 Å². The van der Waals surface area contributed by atoms with E-state index in [9.17, 15) is 9.32 Å². The van der Waals surface area contributed by atoms with Crippen molar-refractivity contribution in [3.8, 4) is 5.75 Å². The fraction of sp³-hybridized carbons (Fsp3) is 0.515. The lowest BCUT2D eigenvalue weighted by Crippen LogP contribution is -2.51. The summed E-state index contributed by atoms with van der Waals surface area (Å²) in [6.45, 7) is 8.02. The van der Waals surface area contributed by atoms with Crippen LogP contribution in [-0.2, 0) is 23.8 Å². The number of aliphatic hydroxyl groups is 1. The number of nitrogens with zero attached hydrogens (tertiary/aromatic N) is 5. The summed E-state index contributed by atoms with van der Waals surface area (Å²) in [5, 5.41) is 16.4. The van der Waals surface area contributed by atoms with Crippen molar-refractivity contribution in [1.29, 1.82) is 0 Å². The second-order valence-corrected chi connectivity index (χ2v) is 14.0. The molecule has 3 atom stereocenters. The molecule has 45 heavy (non-hydrogen) atoms. The smallest absolute Gasteiger partial charge is 0.229 e. The van der Waals surface area contributed by atoms with Gasteiger partial charge in [0.15, 0.2) is 5.82 Å². The third-order valence-electron chi connectivity index (χ3n) is 9.32. The first-order chi connectivity index (χ1) is 21.9. The molecular formula is C33H44ClN7O3S. The van der Waals surface area contributed by atoms with E-state index in [2.05, 4.69) is 44.5 Å². The van der Waals surface area contributed by atoms with E-state index in [0.717, 1.165) is 89.2 Å². The van der Waals surface area contributed by atoms with E-state index in [-0.39, 0.29) is 12.6 Å². The van der Waals surface area contributed by atoms with Crippen LogP contribution in [0.2, 0.25) is 5.02 Å². The fourth-order valence-corrected chi connectivity index (χ4v) is 8.43. The summed E-state index contributed by atoms with van der Waals surface area (Å²) in [4.78, 5) is 14.8. The summed E-state index contributed by atoms with van der Waals surface area (Å²) < 4.78 is 21.4. The van der Waals surface area contributed by atoms with E-state index in [1.165, 1.54) is 11.1 Å². The Morgan fingerprint density at radius 3 is 2.62 bits per heavy atom. The maximum Gasteiger partial charge on any atom is 0.229 e. The number of aryl methyl sites for hydroxylation is 1. The van der Waals surface area contributed by atoms with Gasteiger partial charge in [0.05, 0.1) is 36.2 Å². The van der Waals surface area contributed by atoms with Crippen molar-refractivity contribution >= 4 is 45.7 Å². The number of rotatable bonds is 10. The Hall–Kier alpha value is -2.80. The summed E-state index contributed by atoms with van der Waals surface area (Å²) in [6, 6.07) is 12.7. The Morgan fingerprint density at radius 2 is 1.87 bits per heavy atom. The van der Waals surface area contributed by atoms with Crippen LogP contribution >= 0.6 is 11.6 Å². The lowest BCUT2D eigenvalue weighted by atomic mass is 9.99. The zero-order valence-electron chi connectivity index (χ0n) is 26.2. The third-order valence-corrected chi connectivity index (χ3v) is 11.3. The summed E-state index contributed by atoms with van der Waals surface area (Å²) >= 11 is 6.56. The second-order valence-electron chi connectivity index (χ2n) is 12.2. The van der Waals surface area contributed by atoms with Gasteiger partial charge in [-0.05, 0) is 80.8 Å². The number of piperazine rings is 1. The quantitative estimate of drug-likeness (QED) is 0.261. The molecular weight excluding hydrogens is 610 g/mol. The molecule has 2 fully saturated rings. The predicted octanol–water partition coefficient (Wildman–Crippen LogP) is 4.99. The second kappa shape index (κ2) is 14.7. The average molecular weight is 654 g/mol. The number of benzene rings is 2. The molecule has 10 nitrogen and oxygen atoms in total. The third kappa shape index (κ3) is 7.45. The van der Waals surface area contributed by atoms with Crippen LogP contribution in [0.3, 0.4) is 0 Å². The number of ether oxygens (including phenoxy) is 1. The van der Waals surface area contributed by atoms with Crippen molar-refractivity contribution in [1.82, 2.24) is 24.1 Å². The standard InChI is InChI=1S/C33H44ClN7O3S/c1-23-7-6-12-41(23)45(43)31-11-4-3-10-28(31)36-32-27(34)22-35-33(38-32)37-29-20-24-8-5-9-26(19-25(24)21-30(29)44-2)40-15-13-39(14-16-40)17-18-42/h3-4,10-11,20-23,26,42H,5-9,12-19H2,1-2H3,(H2,35,36,37,38). The number of aliphatic hydroxyl groups excluding tert-OH is 1. The topological polar surface area (TPSA) is 106 Å². The Labute approximate surface area is 273 Å². The molecule has 3 aliphatic rings. The Bertz CT molecular complexity index is 1500. The molecule has 3 aromatic rings. The van der Waals surface area contributed by atoms with Gasteiger partial charge in [-0.15, -0.1) is 0 Å². The van der Waals surface area contributed by atoms with Gasteiger partial charge in [0.1, 0.15) is 21.8 Å². The zero-order chi connectivity index (χ0) is 31.3. The molecule has 3 heterocycles. The van der Waals surface area contributed by atoms with E-state index in [1.807, 2.05) is 28.6 Å². The molecule has 0 spiro atoms. The zero-order valence-corrected chi connectivity index (χ0v) is 27.7. The molecule has 2 aliphatic heterocycles. The van der Waals surface area contributed by atoms with Crippen molar-refractivity contribution in [2.45, 2.75) is 62.4 Å². The Balaban J connectivity index is 1.19. The van der Waals surface area contributed by atoms with E-state index in [0.29, 0.717) is 33.4 Å². The molecule has 2 saturated heterocycles. The minimum absolute atomic E-state index is 0.222. The summed E-state index contributed by atoms with van der Waals surface area (Å²) in [5.41, 5.74) is 4.16. The van der Waals surface area contributed by atoms with Crippen LogP contribution in [0.5, 0.6) is 5.75 Å². The molecule has 6 rings (SSSR count). The number of β-amino-alcohol motifs (C(OH)–C–C–N with tert-alkyl or cyclic N) is 1. The number of anilines is 4. The van der Waals surface area contributed by atoms with Gasteiger partial charge in [0.2, 0.25) is 5.95 Å². The number of hydrogen-bond acceptors (Lipinski definition) is 9. The van der Waals surface area contributed by atoms with Crippen molar-refractivity contribution in [2.75, 3.05) is 63.6 Å². The van der Waals surface area contributed by atoms with Gasteiger partial charge < -0.3 is 20.5 Å². The van der Waals surface area contributed by atoms with Crippen LogP contribution < -0.4 is 15.4 Å². The first-order valence-electron chi connectivity index (χ1n) is 16.0. The monoisotopic (exact) mass is 653 g/mol. The maximum absolute atomic E-state index is 13.5. The molecule has 1 aliphatic carbocycles. The SMILES string of the molecule is COc1cc2c(cc1Nc1ncc(Cl)c(Nc3ccccc3S(=O)N3CCCC3C)n1)CCCC(N1CCN(CCO)CC1)C2. The number of methoxy groups -OCH3 is 1. The number of hydrogen-bond donors (Lipinski definition) is 3. The van der Waals surface area contributed by atoms with Crippen molar-refractivity contribution in [3.63, 3.8) is 0 Å². The van der Waals surface area contributed by atoms with Gasteiger partial charge in [-0.25, -0.2) is 13.5 Å². The molecule has 3 unspecified atom stereocenters. The van der Waals surface area contributed by atoms with Gasteiger partial charge >= 0.3 is 0 Å². The van der Waals surface area contributed by atoms with Gasteiger partial charge in [0.25, 0.3) is 0 Å². The number of aromatic nitrogens is 2. The van der Waals surface area contributed by atoms with Crippen molar-refractivity contribution in [3.05, 3.63) is 58.7 Å². The average Bonchev–Trinajstić information content (AvgIpc) is 3.37. The lowest BCUT2D eigenvalue weighted by molar-refractivity contribution is 0.0805. The van der Waals surface area contributed by atoms with E-state index < -0.39 is 11.0 Å². The van der Waals surface area contributed by atoms with Crippen LogP contribution in [0.4, 0.5) is 23.1 Å². The minimum Gasteiger partial charge on any atom is -0.495 e. The van der Waals surface area contributed by atoms with Crippen LogP contribution in [0.1, 0.15) is 43.7 Å². The number of nitrogens with one attached hydrogen (secondary N) is 2. The van der Waals surface area contributed by atoms with Gasteiger partial charge in [0, 0.05) is 51.4 Å². The largest absolute Gasteiger partial charge is 0.495 e.